The number of hydrogen-bond donors (Lipinski definition) is 0. The lowest BCUT2D eigenvalue weighted by Crippen LogP contribution is -2.26. The molecule has 4 nitrogen and oxygen atoms in total. The fraction of sp³-hybridized carbons (Fsp3) is 0.267. The minimum Gasteiger partial charge on any atom is -0.267 e. The summed E-state index contributed by atoms with van der Waals surface area (Å²) in [4.78, 5) is 12.3. The highest BCUT2D eigenvalue weighted by atomic mass is 16.1. The molecule has 4 heteroatoms. The van der Waals surface area contributed by atoms with Crippen LogP contribution in [0.4, 0.5) is 0 Å². The topological polar surface area (TPSA) is 58.7 Å². The monoisotopic (exact) mass is 253 g/mol. The Balaban J connectivity index is 2.78. The zero-order valence-electron chi connectivity index (χ0n) is 11.5. The largest absolute Gasteiger partial charge is 0.275 e. The first kappa shape index (κ1) is 13.0. The summed E-state index contributed by atoms with van der Waals surface area (Å²) in [6.45, 7) is 7.35. The van der Waals surface area contributed by atoms with Crippen molar-refractivity contribution in [2.24, 2.45) is 0 Å². The van der Waals surface area contributed by atoms with Gasteiger partial charge in [0.05, 0.1) is 16.9 Å². The predicted molar refractivity (Wildman–Crippen MR) is 73.5 cm³/mol. The first-order valence-electron chi connectivity index (χ1n) is 6.04. The molecule has 0 amide bonds. The summed E-state index contributed by atoms with van der Waals surface area (Å²) in [5.41, 5.74) is 4.01. The number of aromatic nitrogens is 2. The predicted octanol–water partition coefficient (Wildman–Crippen LogP) is 2.34. The molecule has 0 aliphatic heterocycles. The Hall–Kier alpha value is -2.41. The van der Waals surface area contributed by atoms with Gasteiger partial charge in [-0.15, -0.1) is 0 Å². The molecule has 0 aliphatic rings. The summed E-state index contributed by atoms with van der Waals surface area (Å²) in [6.07, 6.45) is 0. The lowest BCUT2D eigenvalue weighted by molar-refractivity contribution is 0.767. The van der Waals surface area contributed by atoms with E-state index in [4.69, 9.17) is 5.26 Å². The third kappa shape index (κ3) is 2.15. The lowest BCUT2D eigenvalue weighted by atomic mass is 10.1. The molecular formula is C15H15N3O. The fourth-order valence-electron chi connectivity index (χ4n) is 2.15. The van der Waals surface area contributed by atoms with Gasteiger partial charge in [0.25, 0.3) is 5.56 Å². The van der Waals surface area contributed by atoms with Crippen LogP contribution in [-0.2, 0) is 0 Å². The molecule has 1 heterocycles. The maximum atomic E-state index is 12.3. The van der Waals surface area contributed by atoms with Crippen LogP contribution in [0.1, 0.15) is 27.9 Å². The molecule has 19 heavy (non-hydrogen) atoms. The average Bonchev–Trinajstić information content (AvgIpc) is 2.35. The van der Waals surface area contributed by atoms with E-state index in [0.717, 1.165) is 16.8 Å². The number of nitriles is 1. The fourth-order valence-corrected chi connectivity index (χ4v) is 2.15. The third-order valence-electron chi connectivity index (χ3n) is 3.19. The highest BCUT2D eigenvalue weighted by Crippen LogP contribution is 2.14. The van der Waals surface area contributed by atoms with Gasteiger partial charge in [0.2, 0.25) is 0 Å². The quantitative estimate of drug-likeness (QED) is 0.783. The second kappa shape index (κ2) is 4.69. The Morgan fingerprint density at radius 2 is 1.89 bits per heavy atom. The molecule has 0 N–H and O–H groups in total. The van der Waals surface area contributed by atoms with Crippen molar-refractivity contribution >= 4 is 0 Å². The Bertz CT molecular complexity index is 751. The second-order valence-corrected chi connectivity index (χ2v) is 4.70. The number of benzene rings is 1. The minimum atomic E-state index is -0.242. The highest BCUT2D eigenvalue weighted by molar-refractivity contribution is 5.44. The van der Waals surface area contributed by atoms with Crippen LogP contribution < -0.4 is 5.56 Å². The molecule has 2 aromatic rings. The minimum absolute atomic E-state index is 0.242. The summed E-state index contributed by atoms with van der Waals surface area (Å²) >= 11 is 0. The van der Waals surface area contributed by atoms with E-state index < -0.39 is 0 Å². The molecule has 96 valence electrons. The van der Waals surface area contributed by atoms with E-state index in [2.05, 4.69) is 5.10 Å². The van der Waals surface area contributed by atoms with E-state index in [9.17, 15) is 4.79 Å². The Labute approximate surface area is 111 Å². The molecule has 0 fully saturated rings. The van der Waals surface area contributed by atoms with Crippen LogP contribution in [0.3, 0.4) is 0 Å². The first-order valence-corrected chi connectivity index (χ1v) is 6.04. The van der Waals surface area contributed by atoms with E-state index in [1.54, 1.807) is 13.8 Å². The van der Waals surface area contributed by atoms with Gasteiger partial charge < -0.3 is 0 Å². The Morgan fingerprint density at radius 3 is 2.47 bits per heavy atom. The summed E-state index contributed by atoms with van der Waals surface area (Å²) in [5.74, 6) is 0. The van der Waals surface area contributed by atoms with Gasteiger partial charge in [-0.3, -0.25) is 4.79 Å². The molecule has 2 rings (SSSR count). The molecule has 0 aliphatic carbocycles. The molecule has 0 atom stereocenters. The molecule has 1 aromatic carbocycles. The molecule has 0 spiro atoms. The van der Waals surface area contributed by atoms with E-state index in [1.807, 2.05) is 38.1 Å². The highest BCUT2D eigenvalue weighted by Gasteiger charge is 2.13. The molecule has 0 saturated heterocycles. The summed E-state index contributed by atoms with van der Waals surface area (Å²) < 4.78 is 1.38. The van der Waals surface area contributed by atoms with Crippen molar-refractivity contribution in [2.75, 3.05) is 0 Å². The zero-order valence-corrected chi connectivity index (χ0v) is 11.5. The van der Waals surface area contributed by atoms with Crippen LogP contribution in [0.25, 0.3) is 5.69 Å². The maximum absolute atomic E-state index is 12.3. The maximum Gasteiger partial charge on any atom is 0.275 e. The van der Waals surface area contributed by atoms with Crippen molar-refractivity contribution < 1.29 is 0 Å². The van der Waals surface area contributed by atoms with Crippen LogP contribution >= 0.6 is 0 Å². The summed E-state index contributed by atoms with van der Waals surface area (Å²) in [7, 11) is 0. The van der Waals surface area contributed by atoms with E-state index in [-0.39, 0.29) is 5.56 Å². The van der Waals surface area contributed by atoms with Crippen molar-refractivity contribution in [1.82, 2.24) is 9.78 Å². The van der Waals surface area contributed by atoms with Gasteiger partial charge in [-0.1, -0.05) is 17.7 Å². The van der Waals surface area contributed by atoms with Gasteiger partial charge >= 0.3 is 0 Å². The summed E-state index contributed by atoms with van der Waals surface area (Å²) in [6, 6.07) is 7.86. The number of nitrogens with zero attached hydrogens (tertiary/aromatic N) is 3. The molecule has 0 unspecified atom stereocenters. The van der Waals surface area contributed by atoms with Crippen molar-refractivity contribution in [1.29, 1.82) is 5.26 Å². The Kier molecular flexibility index (Phi) is 3.22. The van der Waals surface area contributed by atoms with Gasteiger partial charge in [-0.2, -0.15) is 15.0 Å². The number of hydrogen-bond acceptors (Lipinski definition) is 3. The van der Waals surface area contributed by atoms with E-state index >= 15 is 0 Å². The van der Waals surface area contributed by atoms with E-state index in [1.165, 1.54) is 4.68 Å². The van der Waals surface area contributed by atoms with Crippen LogP contribution in [0.15, 0.2) is 23.0 Å². The van der Waals surface area contributed by atoms with Crippen molar-refractivity contribution in [3.8, 4) is 11.8 Å². The molecule has 0 saturated carbocycles. The smallest absolute Gasteiger partial charge is 0.267 e. The third-order valence-corrected chi connectivity index (χ3v) is 3.19. The molecular weight excluding hydrogens is 238 g/mol. The van der Waals surface area contributed by atoms with Crippen molar-refractivity contribution in [2.45, 2.75) is 27.7 Å². The van der Waals surface area contributed by atoms with Crippen LogP contribution in [0, 0.1) is 39.0 Å². The average molecular weight is 253 g/mol. The van der Waals surface area contributed by atoms with Crippen LogP contribution in [-0.4, -0.2) is 9.78 Å². The molecule has 0 radical (unpaired) electrons. The molecule has 0 bridgehead atoms. The van der Waals surface area contributed by atoms with Crippen molar-refractivity contribution in [3.63, 3.8) is 0 Å². The SMILES string of the molecule is Cc1ccc(-n2nc(C)c(C#N)c(C)c2=O)c(C)c1. The second-order valence-electron chi connectivity index (χ2n) is 4.70. The lowest BCUT2D eigenvalue weighted by Gasteiger charge is -2.11. The van der Waals surface area contributed by atoms with Crippen LogP contribution in [0.5, 0.6) is 0 Å². The van der Waals surface area contributed by atoms with Crippen molar-refractivity contribution in [3.05, 3.63) is 56.5 Å². The number of aryl methyl sites for hydroxylation is 3. The zero-order chi connectivity index (χ0) is 14.2. The van der Waals surface area contributed by atoms with Gasteiger partial charge in [-0.05, 0) is 39.3 Å². The summed E-state index contributed by atoms with van der Waals surface area (Å²) in [5, 5.41) is 13.3. The van der Waals surface area contributed by atoms with E-state index in [0.29, 0.717) is 16.8 Å². The standard InChI is InChI=1S/C15H15N3O/c1-9-5-6-14(10(2)7-9)18-15(19)11(3)13(8-16)12(4)17-18/h5-7H,1-4H3. The normalized spacial score (nSPS) is 10.3. The Morgan fingerprint density at radius 1 is 1.21 bits per heavy atom. The van der Waals surface area contributed by atoms with Gasteiger partial charge in [0, 0.05) is 5.56 Å². The first-order chi connectivity index (χ1) is 8.95. The van der Waals surface area contributed by atoms with Crippen LogP contribution in [0.2, 0.25) is 0 Å². The van der Waals surface area contributed by atoms with Gasteiger partial charge in [0.1, 0.15) is 6.07 Å². The molecule has 1 aromatic heterocycles. The van der Waals surface area contributed by atoms with Gasteiger partial charge in [-0.25, -0.2) is 0 Å². The van der Waals surface area contributed by atoms with Gasteiger partial charge in [0.15, 0.2) is 0 Å². The number of rotatable bonds is 1.